The van der Waals surface area contributed by atoms with E-state index in [1.807, 2.05) is 24.3 Å². The number of anilines is 1. The number of aromatic hydroxyl groups is 1. The maximum absolute atomic E-state index is 16.8. The molecule has 8 nitrogen and oxygen atoms in total. The number of fused-ring (bicyclic) bond motifs is 4. The monoisotopic (exact) mass is 631 g/mol. The zero-order valence-electron chi connectivity index (χ0n) is 25.4. The van der Waals surface area contributed by atoms with Gasteiger partial charge < -0.3 is 29.7 Å². The highest BCUT2D eigenvalue weighted by molar-refractivity contribution is 6.35. The number of benzene rings is 3. The zero-order chi connectivity index (χ0) is 30.5. The number of phenols is 1. The lowest BCUT2D eigenvalue weighted by Crippen LogP contribution is -2.51. The number of nitrogens with zero attached hydrogens (tertiary/aromatic N) is 4. The van der Waals surface area contributed by atoms with Crippen LogP contribution in [-0.2, 0) is 4.74 Å². The molecular weight excluding hydrogens is 593 g/mol. The predicted octanol–water partition coefficient (Wildman–Crippen LogP) is 6.16. The minimum atomic E-state index is -0.543. The average molecular weight is 632 g/mol. The van der Waals surface area contributed by atoms with Crippen LogP contribution < -0.4 is 15.0 Å². The van der Waals surface area contributed by atoms with Crippen molar-refractivity contribution in [1.29, 1.82) is 0 Å². The molecule has 0 aliphatic carbocycles. The molecule has 5 heterocycles. The summed E-state index contributed by atoms with van der Waals surface area (Å²) in [7, 11) is 0. The van der Waals surface area contributed by atoms with Crippen LogP contribution in [0.15, 0.2) is 42.5 Å². The summed E-state index contributed by atoms with van der Waals surface area (Å²) in [4.78, 5) is 14.3. The van der Waals surface area contributed by atoms with E-state index in [-0.39, 0.29) is 27.9 Å². The molecule has 1 spiro atoms. The third-order valence-electron chi connectivity index (χ3n) is 10.4. The third kappa shape index (κ3) is 5.58. The number of piperazine rings is 1. The first-order chi connectivity index (χ1) is 21.9. The van der Waals surface area contributed by atoms with Crippen LogP contribution in [-0.4, -0.2) is 84.6 Å². The summed E-state index contributed by atoms with van der Waals surface area (Å²) in [5.41, 5.74) is 1.32. The molecular formula is C35H39ClFN5O3. The second-order valence-electron chi connectivity index (χ2n) is 13.4. The van der Waals surface area contributed by atoms with Crippen LogP contribution in [0.5, 0.6) is 11.8 Å². The Hall–Kier alpha value is -3.24. The van der Waals surface area contributed by atoms with Gasteiger partial charge in [-0.3, -0.25) is 0 Å². The van der Waals surface area contributed by atoms with Gasteiger partial charge in [0.15, 0.2) is 5.82 Å². The van der Waals surface area contributed by atoms with Gasteiger partial charge in [0.25, 0.3) is 0 Å². The quantitative estimate of drug-likeness (QED) is 0.235. The third-order valence-corrected chi connectivity index (χ3v) is 10.7. The smallest absolute Gasteiger partial charge is 0.319 e. The molecule has 236 valence electrons. The van der Waals surface area contributed by atoms with Crippen LogP contribution >= 0.6 is 11.6 Å². The molecule has 4 aliphatic heterocycles. The lowest BCUT2D eigenvalue weighted by atomic mass is 9.80. The fraction of sp³-hybridized carbons (Fsp3) is 0.486. The number of hydrogen-bond acceptors (Lipinski definition) is 8. The minimum Gasteiger partial charge on any atom is -0.508 e. The largest absolute Gasteiger partial charge is 0.508 e. The normalized spacial score (nSPS) is 23.0. The first kappa shape index (κ1) is 29.2. The van der Waals surface area contributed by atoms with Crippen molar-refractivity contribution in [3.8, 4) is 22.9 Å². The molecule has 2 atom stereocenters. The molecule has 4 aliphatic rings. The summed E-state index contributed by atoms with van der Waals surface area (Å²) in [6, 6.07) is 13.5. The van der Waals surface area contributed by atoms with Crippen molar-refractivity contribution in [1.82, 2.24) is 20.2 Å². The van der Waals surface area contributed by atoms with Crippen LogP contribution in [0.3, 0.4) is 0 Å². The Labute approximate surface area is 267 Å². The van der Waals surface area contributed by atoms with Gasteiger partial charge in [0.05, 0.1) is 11.6 Å². The topological polar surface area (TPSA) is 83.0 Å². The van der Waals surface area contributed by atoms with E-state index in [1.54, 1.807) is 18.2 Å². The molecule has 2 N–H and O–H groups in total. The van der Waals surface area contributed by atoms with Gasteiger partial charge in [-0.25, -0.2) is 4.39 Å². The maximum atomic E-state index is 16.8. The summed E-state index contributed by atoms with van der Waals surface area (Å²) >= 11 is 6.88. The second-order valence-corrected chi connectivity index (χ2v) is 13.8. The number of aromatic nitrogens is 2. The Balaban J connectivity index is 1.11. The Morgan fingerprint density at radius 1 is 1.04 bits per heavy atom. The zero-order valence-corrected chi connectivity index (χ0v) is 26.2. The minimum absolute atomic E-state index is 0.0451. The van der Waals surface area contributed by atoms with E-state index in [0.29, 0.717) is 40.9 Å². The van der Waals surface area contributed by atoms with Gasteiger partial charge in [-0.15, -0.1) is 0 Å². The van der Waals surface area contributed by atoms with Crippen LogP contribution in [0.2, 0.25) is 5.02 Å². The maximum Gasteiger partial charge on any atom is 0.319 e. The van der Waals surface area contributed by atoms with Crippen LogP contribution in [0, 0.1) is 11.2 Å². The number of phenolic OH excluding ortho intramolecular Hbond substituents is 1. The summed E-state index contributed by atoms with van der Waals surface area (Å²) in [5, 5.41) is 16.6. The Kier molecular flexibility index (Phi) is 7.68. The first-order valence-electron chi connectivity index (χ1n) is 16.3. The van der Waals surface area contributed by atoms with Crippen LogP contribution in [0.1, 0.15) is 38.5 Å². The Morgan fingerprint density at radius 3 is 2.67 bits per heavy atom. The standard InChI is InChI=1S/C35H39ClFN5O3/c36-29-18-28-32(31(37)30(29)27-17-25(43)16-22-4-1-2-5-26(22)27)39-34(40-33(28)42-19-23-6-7-24(20-42)38-23)45-13-3-11-41-12-8-35(21-41)9-14-44-15-10-35/h1-2,4-5,16-18,23-24,38,43H,3,6-15,19-21H2. The van der Waals surface area contributed by atoms with Gasteiger partial charge in [0, 0.05) is 62.4 Å². The van der Waals surface area contributed by atoms with E-state index < -0.39 is 5.82 Å². The highest BCUT2D eigenvalue weighted by atomic mass is 35.5. The average Bonchev–Trinajstić information content (AvgIpc) is 3.60. The van der Waals surface area contributed by atoms with Gasteiger partial charge in [0.2, 0.25) is 0 Å². The van der Waals surface area contributed by atoms with Crippen molar-refractivity contribution in [2.45, 2.75) is 50.6 Å². The molecule has 4 fully saturated rings. The summed E-state index contributed by atoms with van der Waals surface area (Å²) in [6.45, 7) is 6.93. The van der Waals surface area contributed by atoms with Crippen molar-refractivity contribution in [3.05, 3.63) is 53.3 Å². The molecule has 1 aromatic heterocycles. The molecule has 0 amide bonds. The van der Waals surface area contributed by atoms with E-state index >= 15 is 4.39 Å². The summed E-state index contributed by atoms with van der Waals surface area (Å²) < 4.78 is 28.6. The van der Waals surface area contributed by atoms with E-state index in [1.165, 1.54) is 6.42 Å². The van der Waals surface area contributed by atoms with Gasteiger partial charge in [-0.1, -0.05) is 35.9 Å². The van der Waals surface area contributed by atoms with Crippen LogP contribution in [0.25, 0.3) is 32.8 Å². The number of hydrogen-bond donors (Lipinski definition) is 2. The molecule has 4 saturated heterocycles. The molecule has 2 bridgehead atoms. The molecule has 0 saturated carbocycles. The highest BCUT2D eigenvalue weighted by Gasteiger charge is 2.39. The van der Waals surface area contributed by atoms with E-state index in [9.17, 15) is 5.11 Å². The number of likely N-dealkylation sites (tertiary alicyclic amines) is 1. The van der Waals surface area contributed by atoms with E-state index in [4.69, 9.17) is 26.1 Å². The molecule has 45 heavy (non-hydrogen) atoms. The fourth-order valence-electron chi connectivity index (χ4n) is 8.07. The van der Waals surface area contributed by atoms with Crippen LogP contribution in [0.4, 0.5) is 10.2 Å². The number of ether oxygens (including phenoxy) is 2. The fourth-order valence-corrected chi connectivity index (χ4v) is 8.36. The van der Waals surface area contributed by atoms with E-state index in [0.717, 1.165) is 88.8 Å². The molecule has 2 unspecified atom stereocenters. The van der Waals surface area contributed by atoms with Gasteiger partial charge in [-0.05, 0) is 85.0 Å². The molecule has 8 rings (SSSR count). The number of nitrogens with one attached hydrogen (secondary N) is 1. The van der Waals surface area contributed by atoms with Crippen molar-refractivity contribution in [2.75, 3.05) is 57.4 Å². The van der Waals surface area contributed by atoms with Crippen molar-refractivity contribution >= 4 is 39.1 Å². The van der Waals surface area contributed by atoms with Gasteiger partial charge >= 0.3 is 6.01 Å². The number of rotatable bonds is 7. The predicted molar refractivity (Wildman–Crippen MR) is 175 cm³/mol. The first-order valence-corrected chi connectivity index (χ1v) is 16.7. The second kappa shape index (κ2) is 11.8. The van der Waals surface area contributed by atoms with E-state index in [2.05, 4.69) is 20.1 Å². The summed E-state index contributed by atoms with van der Waals surface area (Å²) in [5.74, 6) is 0.157. The van der Waals surface area contributed by atoms with Gasteiger partial charge in [-0.2, -0.15) is 9.97 Å². The lowest BCUT2D eigenvalue weighted by molar-refractivity contribution is 0.0192. The highest BCUT2D eigenvalue weighted by Crippen LogP contribution is 2.43. The molecule has 3 aromatic carbocycles. The van der Waals surface area contributed by atoms with Gasteiger partial charge in [0.1, 0.15) is 17.1 Å². The van der Waals surface area contributed by atoms with Crippen molar-refractivity contribution in [2.24, 2.45) is 5.41 Å². The lowest BCUT2D eigenvalue weighted by Gasteiger charge is -2.34. The van der Waals surface area contributed by atoms with Crippen molar-refractivity contribution < 1.29 is 19.0 Å². The number of halogens is 2. The summed E-state index contributed by atoms with van der Waals surface area (Å²) in [6.07, 6.45) is 6.60. The Morgan fingerprint density at radius 2 is 1.84 bits per heavy atom. The molecule has 0 radical (unpaired) electrons. The molecule has 10 heteroatoms. The SMILES string of the molecule is Oc1cc(-c2c(Cl)cc3c(N4CC5CCC(C4)N5)nc(OCCCN4CCC5(CCOCC5)C4)nc3c2F)c2ccccc2c1. The molecule has 4 aromatic rings. The Bertz CT molecular complexity index is 1740. The van der Waals surface area contributed by atoms with Crippen molar-refractivity contribution in [3.63, 3.8) is 0 Å².